The molecule has 2 heterocycles. The minimum atomic E-state index is -1.03. The summed E-state index contributed by atoms with van der Waals surface area (Å²) in [5.41, 5.74) is 2.87. The summed E-state index contributed by atoms with van der Waals surface area (Å²) in [5.74, 6) is -1.08. The molecule has 0 spiro atoms. The molecule has 4 rings (SSSR count). The molecular weight excluding hydrogens is 480 g/mol. The molecule has 1 aliphatic rings. The minimum absolute atomic E-state index is 0.144. The van der Waals surface area contributed by atoms with Crippen LogP contribution in [-0.4, -0.2) is 35.5 Å². The van der Waals surface area contributed by atoms with Gasteiger partial charge in [0.1, 0.15) is 10.5 Å². The highest BCUT2D eigenvalue weighted by Crippen LogP contribution is 2.44. The number of fused-ring (bicyclic) bond motifs is 2. The van der Waals surface area contributed by atoms with Gasteiger partial charge in [-0.2, -0.15) is 0 Å². The average Bonchev–Trinajstić information content (AvgIpc) is 3.44. The monoisotopic (exact) mass is 512 g/mol. The molecular formula is C27H32N2O6S. The van der Waals surface area contributed by atoms with Crippen molar-refractivity contribution in [3.05, 3.63) is 46.2 Å². The van der Waals surface area contributed by atoms with Crippen LogP contribution in [0, 0.1) is 11.3 Å². The van der Waals surface area contributed by atoms with Gasteiger partial charge in [-0.25, -0.2) is 14.6 Å². The van der Waals surface area contributed by atoms with E-state index in [4.69, 9.17) is 13.9 Å². The van der Waals surface area contributed by atoms with Crippen molar-refractivity contribution in [3.8, 4) is 0 Å². The normalized spacial score (nSPS) is 16.3. The Hall–Kier alpha value is -3.20. The molecule has 3 aromatic rings. The summed E-state index contributed by atoms with van der Waals surface area (Å²) in [7, 11) is 0. The molecule has 9 heteroatoms. The maximum atomic E-state index is 13.2. The van der Waals surface area contributed by atoms with Gasteiger partial charge in [0.15, 0.2) is 18.1 Å². The van der Waals surface area contributed by atoms with E-state index < -0.39 is 23.9 Å². The Labute approximate surface area is 214 Å². The van der Waals surface area contributed by atoms with Crippen molar-refractivity contribution < 1.29 is 28.3 Å². The van der Waals surface area contributed by atoms with Crippen molar-refractivity contribution in [2.24, 2.45) is 11.3 Å². The van der Waals surface area contributed by atoms with Crippen molar-refractivity contribution in [2.45, 2.75) is 66.4 Å². The third-order valence-electron chi connectivity index (χ3n) is 6.69. The SMILES string of the molecule is CCOC(=O)c1c(NC(=O)C(CC)OC(=O)c2ccc3ncoc3c2)sc2c1CCC(C(C)(C)C)C2. The Morgan fingerprint density at radius 3 is 2.69 bits per heavy atom. The van der Waals surface area contributed by atoms with Crippen LogP contribution in [0.3, 0.4) is 0 Å². The van der Waals surface area contributed by atoms with Crippen LogP contribution in [0.4, 0.5) is 5.00 Å². The number of anilines is 1. The fraction of sp³-hybridized carbons (Fsp3) is 0.481. The van der Waals surface area contributed by atoms with Crippen molar-refractivity contribution in [1.29, 1.82) is 0 Å². The van der Waals surface area contributed by atoms with Gasteiger partial charge in [-0.1, -0.05) is 27.7 Å². The summed E-state index contributed by atoms with van der Waals surface area (Å²) >= 11 is 1.42. The molecule has 0 bridgehead atoms. The number of hydrogen-bond acceptors (Lipinski definition) is 8. The van der Waals surface area contributed by atoms with Crippen LogP contribution in [0.2, 0.25) is 0 Å². The van der Waals surface area contributed by atoms with Gasteiger partial charge in [-0.15, -0.1) is 11.3 Å². The zero-order chi connectivity index (χ0) is 26.0. The van der Waals surface area contributed by atoms with Gasteiger partial charge in [0.2, 0.25) is 0 Å². The predicted molar refractivity (Wildman–Crippen MR) is 137 cm³/mol. The molecule has 8 nitrogen and oxygen atoms in total. The molecule has 0 aliphatic heterocycles. The lowest BCUT2D eigenvalue weighted by atomic mass is 9.72. The molecule has 0 fully saturated rings. The zero-order valence-corrected chi connectivity index (χ0v) is 22.1. The molecule has 1 N–H and O–H groups in total. The Kier molecular flexibility index (Phi) is 7.49. The molecule has 2 unspecified atom stereocenters. The van der Waals surface area contributed by atoms with E-state index in [1.165, 1.54) is 23.8 Å². The second-order valence-corrected chi connectivity index (χ2v) is 11.2. The first-order chi connectivity index (χ1) is 17.1. The summed E-state index contributed by atoms with van der Waals surface area (Å²) in [5, 5.41) is 3.32. The first kappa shape index (κ1) is 25.9. The molecule has 192 valence electrons. The lowest BCUT2D eigenvalue weighted by Gasteiger charge is -2.33. The fourth-order valence-corrected chi connectivity index (χ4v) is 5.84. The van der Waals surface area contributed by atoms with Gasteiger partial charge in [-0.05, 0) is 67.7 Å². The van der Waals surface area contributed by atoms with E-state index in [-0.39, 0.29) is 24.0 Å². The quantitative estimate of drug-likeness (QED) is 0.399. The van der Waals surface area contributed by atoms with Crippen molar-refractivity contribution >= 4 is 45.3 Å². The third-order valence-corrected chi connectivity index (χ3v) is 7.86. The number of oxazole rings is 1. The lowest BCUT2D eigenvalue weighted by Crippen LogP contribution is -2.32. The van der Waals surface area contributed by atoms with E-state index in [0.29, 0.717) is 27.6 Å². The van der Waals surface area contributed by atoms with Crippen LogP contribution in [0.1, 0.15) is 78.6 Å². The number of carbonyl (C=O) groups is 3. The highest BCUT2D eigenvalue weighted by atomic mass is 32.1. The molecule has 2 atom stereocenters. The summed E-state index contributed by atoms with van der Waals surface area (Å²) in [6, 6.07) is 4.77. The van der Waals surface area contributed by atoms with E-state index >= 15 is 0 Å². The number of hydrogen-bond donors (Lipinski definition) is 1. The van der Waals surface area contributed by atoms with E-state index in [0.717, 1.165) is 29.7 Å². The topological polar surface area (TPSA) is 108 Å². The first-order valence-electron chi connectivity index (χ1n) is 12.3. The van der Waals surface area contributed by atoms with Crippen molar-refractivity contribution in [1.82, 2.24) is 4.98 Å². The Balaban J connectivity index is 1.55. The zero-order valence-electron chi connectivity index (χ0n) is 21.3. The number of amides is 1. The molecule has 1 aliphatic carbocycles. The Morgan fingerprint density at radius 2 is 2.00 bits per heavy atom. The van der Waals surface area contributed by atoms with Crippen LogP contribution >= 0.6 is 11.3 Å². The number of nitrogens with one attached hydrogen (secondary N) is 1. The number of aromatic nitrogens is 1. The van der Waals surface area contributed by atoms with Crippen LogP contribution in [0.5, 0.6) is 0 Å². The molecule has 2 aromatic heterocycles. The highest BCUT2D eigenvalue weighted by molar-refractivity contribution is 7.17. The lowest BCUT2D eigenvalue weighted by molar-refractivity contribution is -0.124. The molecule has 1 amide bonds. The number of rotatable bonds is 7. The Bertz CT molecular complexity index is 1290. The minimum Gasteiger partial charge on any atom is -0.462 e. The molecule has 0 saturated heterocycles. The molecule has 0 saturated carbocycles. The fourth-order valence-electron chi connectivity index (χ4n) is 4.53. The predicted octanol–water partition coefficient (Wildman–Crippen LogP) is 5.79. The number of esters is 2. The third kappa shape index (κ3) is 5.31. The average molecular weight is 513 g/mol. The maximum absolute atomic E-state index is 13.2. The number of ether oxygens (including phenoxy) is 2. The van der Waals surface area contributed by atoms with E-state index in [1.807, 2.05) is 0 Å². The van der Waals surface area contributed by atoms with E-state index in [2.05, 4.69) is 31.1 Å². The molecule has 1 aromatic carbocycles. The van der Waals surface area contributed by atoms with Crippen molar-refractivity contribution in [2.75, 3.05) is 11.9 Å². The number of thiophene rings is 1. The highest BCUT2D eigenvalue weighted by Gasteiger charge is 2.35. The summed E-state index contributed by atoms with van der Waals surface area (Å²) in [6.45, 7) is 10.4. The van der Waals surface area contributed by atoms with Gasteiger partial charge in [0.25, 0.3) is 5.91 Å². The number of benzene rings is 1. The van der Waals surface area contributed by atoms with Gasteiger partial charge in [0.05, 0.1) is 17.7 Å². The van der Waals surface area contributed by atoms with Crippen molar-refractivity contribution in [3.63, 3.8) is 0 Å². The second-order valence-electron chi connectivity index (χ2n) is 10.1. The van der Waals surface area contributed by atoms with Crippen LogP contribution in [0.15, 0.2) is 29.0 Å². The smallest absolute Gasteiger partial charge is 0.341 e. The Morgan fingerprint density at radius 1 is 1.22 bits per heavy atom. The van der Waals surface area contributed by atoms with Gasteiger partial charge < -0.3 is 19.2 Å². The standard InChI is InChI=1S/C27H32N2O6S/c1-6-19(35-25(31)15-8-11-18-20(12-15)34-14-28-18)23(30)29-24-22(26(32)33-7-2)17-10-9-16(27(3,4)5)13-21(17)36-24/h8,11-12,14,16,19H,6-7,9-10,13H2,1-5H3,(H,29,30). The summed E-state index contributed by atoms with van der Waals surface area (Å²) in [4.78, 5) is 44.0. The van der Waals surface area contributed by atoms with E-state index in [1.54, 1.807) is 26.0 Å². The van der Waals surface area contributed by atoms with Gasteiger partial charge in [0, 0.05) is 4.88 Å². The summed E-state index contributed by atoms with van der Waals surface area (Å²) in [6.07, 6.45) is 3.12. The first-order valence-corrected chi connectivity index (χ1v) is 13.1. The molecule has 0 radical (unpaired) electrons. The second kappa shape index (κ2) is 10.4. The largest absolute Gasteiger partial charge is 0.462 e. The summed E-state index contributed by atoms with van der Waals surface area (Å²) < 4.78 is 16.1. The van der Waals surface area contributed by atoms with Crippen LogP contribution in [0.25, 0.3) is 11.1 Å². The number of nitrogens with zero attached hydrogens (tertiary/aromatic N) is 1. The molecule has 36 heavy (non-hydrogen) atoms. The van der Waals surface area contributed by atoms with Crippen LogP contribution < -0.4 is 5.32 Å². The number of carbonyl (C=O) groups excluding carboxylic acids is 3. The van der Waals surface area contributed by atoms with Crippen LogP contribution in [-0.2, 0) is 27.1 Å². The van der Waals surface area contributed by atoms with Gasteiger partial charge in [-0.3, -0.25) is 4.79 Å². The van der Waals surface area contributed by atoms with E-state index in [9.17, 15) is 14.4 Å². The maximum Gasteiger partial charge on any atom is 0.341 e. The van der Waals surface area contributed by atoms with Gasteiger partial charge >= 0.3 is 11.9 Å².